The second-order valence-electron chi connectivity index (χ2n) is 5.04. The summed E-state index contributed by atoms with van der Waals surface area (Å²) in [6.07, 6.45) is 8.21. The van der Waals surface area contributed by atoms with E-state index in [1.165, 1.54) is 25.5 Å². The SMILES string of the molecule is CO/C=C(/C(=O)O)c1ccccc1/C=C/C=C/c1ccc(F)cc1Cl. The summed E-state index contributed by atoms with van der Waals surface area (Å²) in [4.78, 5) is 11.4. The number of hydrogen-bond acceptors (Lipinski definition) is 2. The maximum atomic E-state index is 13.0. The molecule has 0 fully saturated rings. The van der Waals surface area contributed by atoms with Gasteiger partial charge in [0.2, 0.25) is 0 Å². The van der Waals surface area contributed by atoms with E-state index in [1.807, 2.05) is 6.07 Å². The van der Waals surface area contributed by atoms with Gasteiger partial charge < -0.3 is 9.84 Å². The number of allylic oxidation sites excluding steroid dienone is 2. The third kappa shape index (κ3) is 5.06. The molecule has 2 aromatic rings. The predicted molar refractivity (Wildman–Crippen MR) is 98.5 cm³/mol. The Balaban J connectivity index is 2.26. The van der Waals surface area contributed by atoms with E-state index in [-0.39, 0.29) is 5.57 Å². The van der Waals surface area contributed by atoms with Crippen molar-refractivity contribution >= 4 is 35.3 Å². The van der Waals surface area contributed by atoms with Crippen molar-refractivity contribution in [3.63, 3.8) is 0 Å². The first-order valence-electron chi connectivity index (χ1n) is 7.38. The van der Waals surface area contributed by atoms with Crippen LogP contribution in [0.4, 0.5) is 4.39 Å². The molecular weight excluding hydrogens is 343 g/mol. The van der Waals surface area contributed by atoms with E-state index >= 15 is 0 Å². The molecule has 0 amide bonds. The van der Waals surface area contributed by atoms with Gasteiger partial charge in [-0.2, -0.15) is 0 Å². The predicted octanol–water partition coefficient (Wildman–Crippen LogP) is 5.28. The molecule has 0 spiro atoms. The van der Waals surface area contributed by atoms with E-state index in [4.69, 9.17) is 16.3 Å². The quantitative estimate of drug-likeness (QED) is 0.434. The molecule has 0 atom stereocenters. The summed E-state index contributed by atoms with van der Waals surface area (Å²) in [7, 11) is 1.40. The van der Waals surface area contributed by atoms with Crippen LogP contribution in [-0.4, -0.2) is 18.2 Å². The zero-order chi connectivity index (χ0) is 18.2. The van der Waals surface area contributed by atoms with Crippen LogP contribution < -0.4 is 0 Å². The number of carboxylic acids is 1. The van der Waals surface area contributed by atoms with E-state index in [1.54, 1.807) is 48.6 Å². The lowest BCUT2D eigenvalue weighted by atomic mass is 10.00. The van der Waals surface area contributed by atoms with Gasteiger partial charge in [-0.1, -0.05) is 66.2 Å². The minimum atomic E-state index is -1.07. The van der Waals surface area contributed by atoms with Gasteiger partial charge in [0.15, 0.2) is 0 Å². The van der Waals surface area contributed by atoms with Crippen LogP contribution in [0.15, 0.2) is 60.9 Å². The van der Waals surface area contributed by atoms with Crippen LogP contribution in [0.3, 0.4) is 0 Å². The first-order chi connectivity index (χ1) is 12.0. The summed E-state index contributed by atoms with van der Waals surface area (Å²) in [6, 6.07) is 11.2. The van der Waals surface area contributed by atoms with Gasteiger partial charge in [-0.25, -0.2) is 9.18 Å². The molecule has 25 heavy (non-hydrogen) atoms. The number of hydrogen-bond donors (Lipinski definition) is 1. The number of benzene rings is 2. The highest BCUT2D eigenvalue weighted by Gasteiger charge is 2.13. The van der Waals surface area contributed by atoms with Crippen LogP contribution in [-0.2, 0) is 9.53 Å². The van der Waals surface area contributed by atoms with Gasteiger partial charge in [0.1, 0.15) is 11.4 Å². The number of aliphatic carboxylic acids is 1. The Bertz CT molecular complexity index is 854. The highest BCUT2D eigenvalue weighted by molar-refractivity contribution is 6.32. The summed E-state index contributed by atoms with van der Waals surface area (Å²) < 4.78 is 17.9. The fourth-order valence-corrected chi connectivity index (χ4v) is 2.42. The second-order valence-corrected chi connectivity index (χ2v) is 5.45. The molecule has 2 rings (SSSR count). The zero-order valence-electron chi connectivity index (χ0n) is 13.4. The zero-order valence-corrected chi connectivity index (χ0v) is 14.2. The van der Waals surface area contributed by atoms with Crippen LogP contribution in [0.25, 0.3) is 17.7 Å². The van der Waals surface area contributed by atoms with Gasteiger partial charge in [-0.15, -0.1) is 0 Å². The first-order valence-corrected chi connectivity index (χ1v) is 7.76. The standard InChI is InChI=1S/C20H16ClFO3/c1-25-13-18(20(23)24)17-9-5-4-7-14(17)6-2-3-8-15-10-11-16(22)12-19(15)21/h2-13H,1H3,(H,23,24)/b6-2+,8-3+,18-13+. The van der Waals surface area contributed by atoms with Gasteiger partial charge >= 0.3 is 5.97 Å². The molecule has 0 aliphatic heterocycles. The van der Waals surface area contributed by atoms with E-state index in [0.717, 1.165) is 5.56 Å². The van der Waals surface area contributed by atoms with Crippen LogP contribution >= 0.6 is 11.6 Å². The van der Waals surface area contributed by atoms with Gasteiger partial charge in [0.05, 0.1) is 18.4 Å². The van der Waals surface area contributed by atoms with E-state index in [9.17, 15) is 14.3 Å². The molecule has 0 heterocycles. The molecule has 0 aromatic heterocycles. The molecule has 3 nitrogen and oxygen atoms in total. The minimum absolute atomic E-state index is 0.0632. The fourth-order valence-electron chi connectivity index (χ4n) is 2.19. The number of carbonyl (C=O) groups is 1. The molecule has 0 aliphatic carbocycles. The van der Waals surface area contributed by atoms with Crippen molar-refractivity contribution in [1.82, 2.24) is 0 Å². The summed E-state index contributed by atoms with van der Waals surface area (Å²) in [5.41, 5.74) is 2.02. The van der Waals surface area contributed by atoms with Crippen molar-refractivity contribution in [2.45, 2.75) is 0 Å². The molecule has 5 heteroatoms. The highest BCUT2D eigenvalue weighted by atomic mass is 35.5. The normalized spacial score (nSPS) is 12.0. The van der Waals surface area contributed by atoms with Crippen molar-refractivity contribution in [3.05, 3.63) is 88.4 Å². The highest BCUT2D eigenvalue weighted by Crippen LogP contribution is 2.22. The molecule has 0 radical (unpaired) electrons. The third-order valence-corrected chi connectivity index (χ3v) is 3.67. The molecule has 2 aromatic carbocycles. The second kappa shape index (κ2) is 8.85. The summed E-state index contributed by atoms with van der Waals surface area (Å²) in [5.74, 6) is -1.46. The Labute approximate surface area is 150 Å². The molecular formula is C20H16ClFO3. The summed E-state index contributed by atoms with van der Waals surface area (Å²) in [6.45, 7) is 0. The average molecular weight is 359 g/mol. The molecule has 128 valence electrons. The Morgan fingerprint density at radius 2 is 1.80 bits per heavy atom. The van der Waals surface area contributed by atoms with Gasteiger partial charge in [-0.05, 0) is 28.8 Å². The van der Waals surface area contributed by atoms with Crippen molar-refractivity contribution in [2.24, 2.45) is 0 Å². The number of ether oxygens (including phenoxy) is 1. The first kappa shape index (κ1) is 18.5. The van der Waals surface area contributed by atoms with Crippen LogP contribution in [0.2, 0.25) is 5.02 Å². The molecule has 0 saturated carbocycles. The van der Waals surface area contributed by atoms with Crippen molar-refractivity contribution in [3.8, 4) is 0 Å². The molecule has 1 N–H and O–H groups in total. The fraction of sp³-hybridized carbons (Fsp3) is 0.0500. The molecule has 0 bridgehead atoms. The maximum Gasteiger partial charge on any atom is 0.339 e. The van der Waals surface area contributed by atoms with E-state index in [2.05, 4.69) is 0 Å². The largest absolute Gasteiger partial charge is 0.503 e. The third-order valence-electron chi connectivity index (χ3n) is 3.34. The number of rotatable bonds is 6. The Morgan fingerprint density at radius 3 is 2.44 bits per heavy atom. The number of carboxylic acid groups (broad SMARTS) is 1. The Morgan fingerprint density at radius 1 is 1.12 bits per heavy atom. The Hall–Kier alpha value is -2.85. The van der Waals surface area contributed by atoms with Gasteiger partial charge in [0, 0.05) is 0 Å². The number of methoxy groups -OCH3 is 1. The lowest BCUT2D eigenvalue weighted by Crippen LogP contribution is -2.02. The monoisotopic (exact) mass is 358 g/mol. The smallest absolute Gasteiger partial charge is 0.339 e. The van der Waals surface area contributed by atoms with Gasteiger partial charge in [-0.3, -0.25) is 0 Å². The van der Waals surface area contributed by atoms with Crippen molar-refractivity contribution in [2.75, 3.05) is 7.11 Å². The van der Waals surface area contributed by atoms with Crippen LogP contribution in [0.1, 0.15) is 16.7 Å². The average Bonchev–Trinajstić information content (AvgIpc) is 2.58. The maximum absolute atomic E-state index is 13.0. The van der Waals surface area contributed by atoms with E-state index in [0.29, 0.717) is 16.1 Å². The molecule has 0 aliphatic rings. The van der Waals surface area contributed by atoms with Gasteiger partial charge in [0.25, 0.3) is 0 Å². The van der Waals surface area contributed by atoms with Crippen molar-refractivity contribution < 1.29 is 19.0 Å². The lowest BCUT2D eigenvalue weighted by Gasteiger charge is -2.06. The van der Waals surface area contributed by atoms with E-state index < -0.39 is 11.8 Å². The summed E-state index contributed by atoms with van der Waals surface area (Å²) in [5, 5.41) is 9.64. The molecule has 0 saturated heterocycles. The number of halogens is 2. The van der Waals surface area contributed by atoms with Crippen molar-refractivity contribution in [1.29, 1.82) is 0 Å². The van der Waals surface area contributed by atoms with Crippen LogP contribution in [0.5, 0.6) is 0 Å². The Kier molecular flexibility index (Phi) is 6.54. The molecule has 0 unspecified atom stereocenters. The minimum Gasteiger partial charge on any atom is -0.503 e. The topological polar surface area (TPSA) is 46.5 Å². The van der Waals surface area contributed by atoms with Crippen LogP contribution in [0, 0.1) is 5.82 Å². The lowest BCUT2D eigenvalue weighted by molar-refractivity contribution is -0.130. The summed E-state index contributed by atoms with van der Waals surface area (Å²) >= 11 is 5.96.